The summed E-state index contributed by atoms with van der Waals surface area (Å²) >= 11 is 2.01. The molecule has 0 aliphatic heterocycles. The zero-order valence-corrected chi connectivity index (χ0v) is 13.3. The number of hydrogen-bond donors (Lipinski definition) is 1. The Bertz CT molecular complexity index is 744. The van der Waals surface area contributed by atoms with E-state index >= 15 is 0 Å². The van der Waals surface area contributed by atoms with Crippen LogP contribution < -0.4 is 5.73 Å². The third-order valence-electron chi connectivity index (χ3n) is 2.69. The molecule has 0 saturated heterocycles. The second-order valence-corrected chi connectivity index (χ2v) is 5.30. The van der Waals surface area contributed by atoms with Gasteiger partial charge in [-0.15, -0.1) is 0 Å². The SMILES string of the molecule is N/C(=N\OC(=O)c1ccccc1I)c1ccc([N+](=O)[O-])cc1. The number of nitrogens with zero attached hydrogens (tertiary/aromatic N) is 2. The van der Waals surface area contributed by atoms with Gasteiger partial charge in [0.25, 0.3) is 5.69 Å². The molecule has 8 heteroatoms. The van der Waals surface area contributed by atoms with Gasteiger partial charge in [-0.1, -0.05) is 17.3 Å². The molecule has 0 unspecified atom stereocenters. The molecular weight excluding hydrogens is 401 g/mol. The molecule has 0 radical (unpaired) electrons. The fourth-order valence-corrected chi connectivity index (χ4v) is 2.18. The fraction of sp³-hybridized carbons (Fsp3) is 0. The summed E-state index contributed by atoms with van der Waals surface area (Å²) in [6.45, 7) is 0. The summed E-state index contributed by atoms with van der Waals surface area (Å²) < 4.78 is 0.731. The number of nitro benzene ring substituents is 1. The third kappa shape index (κ3) is 3.79. The van der Waals surface area contributed by atoms with Gasteiger partial charge in [-0.3, -0.25) is 10.1 Å². The van der Waals surface area contributed by atoms with Crippen molar-refractivity contribution in [3.8, 4) is 0 Å². The van der Waals surface area contributed by atoms with E-state index in [4.69, 9.17) is 10.6 Å². The molecule has 2 aromatic carbocycles. The summed E-state index contributed by atoms with van der Waals surface area (Å²) in [5, 5.41) is 14.1. The minimum atomic E-state index is -0.630. The lowest BCUT2D eigenvalue weighted by atomic mass is 10.2. The number of non-ortho nitro benzene ring substituents is 1. The standard InChI is InChI=1S/C14H10IN3O4/c15-12-4-2-1-3-11(12)14(19)22-17-13(16)9-5-7-10(8-6-9)18(20)21/h1-8H,(H2,16,17). The molecule has 112 valence electrons. The summed E-state index contributed by atoms with van der Waals surface area (Å²) in [5.74, 6) is -0.677. The number of carbonyl (C=O) groups is 1. The first kappa shape index (κ1) is 15.9. The van der Waals surface area contributed by atoms with E-state index in [0.717, 1.165) is 3.57 Å². The highest BCUT2D eigenvalue weighted by molar-refractivity contribution is 14.1. The van der Waals surface area contributed by atoms with Crippen LogP contribution in [-0.4, -0.2) is 16.7 Å². The van der Waals surface area contributed by atoms with Gasteiger partial charge in [-0.25, -0.2) is 4.79 Å². The van der Waals surface area contributed by atoms with Crippen molar-refractivity contribution in [3.63, 3.8) is 0 Å². The summed E-state index contributed by atoms with van der Waals surface area (Å²) in [6, 6.07) is 12.3. The number of halogens is 1. The highest BCUT2D eigenvalue weighted by atomic mass is 127. The highest BCUT2D eigenvalue weighted by Crippen LogP contribution is 2.14. The summed E-state index contributed by atoms with van der Waals surface area (Å²) in [5.41, 5.74) is 6.42. The third-order valence-corrected chi connectivity index (χ3v) is 3.64. The molecule has 0 aliphatic rings. The quantitative estimate of drug-likeness (QED) is 0.208. The molecule has 2 N–H and O–H groups in total. The topological polar surface area (TPSA) is 108 Å². The molecule has 0 heterocycles. The molecule has 2 aromatic rings. The van der Waals surface area contributed by atoms with Crippen LogP contribution in [0.3, 0.4) is 0 Å². The number of benzene rings is 2. The van der Waals surface area contributed by atoms with Crippen molar-refractivity contribution >= 4 is 40.1 Å². The Balaban J connectivity index is 2.11. The van der Waals surface area contributed by atoms with Crippen molar-refractivity contribution in [3.05, 3.63) is 73.3 Å². The summed E-state index contributed by atoms with van der Waals surface area (Å²) in [4.78, 5) is 26.7. The normalized spacial score (nSPS) is 11.0. The van der Waals surface area contributed by atoms with Crippen LogP contribution in [-0.2, 0) is 4.84 Å². The van der Waals surface area contributed by atoms with Gasteiger partial charge in [0.1, 0.15) is 0 Å². The average molecular weight is 411 g/mol. The largest absolute Gasteiger partial charge is 0.380 e. The maximum atomic E-state index is 11.9. The minimum absolute atomic E-state index is 0.0470. The Morgan fingerprint density at radius 1 is 1.18 bits per heavy atom. The maximum Gasteiger partial charge on any atom is 0.366 e. The minimum Gasteiger partial charge on any atom is -0.380 e. The van der Waals surface area contributed by atoms with E-state index in [1.807, 2.05) is 22.6 Å². The van der Waals surface area contributed by atoms with Gasteiger partial charge < -0.3 is 10.6 Å². The molecule has 0 bridgehead atoms. The second kappa shape index (κ2) is 6.98. The van der Waals surface area contributed by atoms with Gasteiger partial charge in [0.2, 0.25) is 0 Å². The van der Waals surface area contributed by atoms with Crippen molar-refractivity contribution in [2.75, 3.05) is 0 Å². The van der Waals surface area contributed by atoms with Crippen molar-refractivity contribution < 1.29 is 14.6 Å². The number of nitrogens with two attached hydrogens (primary N) is 1. The van der Waals surface area contributed by atoms with Gasteiger partial charge >= 0.3 is 5.97 Å². The summed E-state index contributed by atoms with van der Waals surface area (Å²) in [6.07, 6.45) is 0. The first-order chi connectivity index (χ1) is 10.5. The number of carbonyl (C=O) groups excluding carboxylic acids is 1. The van der Waals surface area contributed by atoms with Crippen LogP contribution in [0, 0.1) is 13.7 Å². The van der Waals surface area contributed by atoms with E-state index in [1.54, 1.807) is 24.3 Å². The number of hydrogen-bond acceptors (Lipinski definition) is 5. The van der Waals surface area contributed by atoms with Gasteiger partial charge in [0.15, 0.2) is 5.84 Å². The van der Waals surface area contributed by atoms with Crippen LogP contribution >= 0.6 is 22.6 Å². The Morgan fingerprint density at radius 2 is 1.82 bits per heavy atom. The lowest BCUT2D eigenvalue weighted by molar-refractivity contribution is -0.384. The molecule has 0 amide bonds. The van der Waals surface area contributed by atoms with Crippen LogP contribution in [0.5, 0.6) is 0 Å². The Morgan fingerprint density at radius 3 is 2.41 bits per heavy atom. The molecule has 0 saturated carbocycles. The monoisotopic (exact) mass is 411 g/mol. The molecule has 0 aromatic heterocycles. The van der Waals surface area contributed by atoms with E-state index in [0.29, 0.717) is 11.1 Å². The predicted molar refractivity (Wildman–Crippen MR) is 88.4 cm³/mol. The van der Waals surface area contributed by atoms with Gasteiger partial charge in [-0.2, -0.15) is 0 Å². The summed E-state index contributed by atoms with van der Waals surface area (Å²) in [7, 11) is 0. The van der Waals surface area contributed by atoms with Gasteiger partial charge in [0.05, 0.1) is 10.5 Å². The number of nitro groups is 1. The van der Waals surface area contributed by atoms with Crippen LogP contribution in [0.2, 0.25) is 0 Å². The molecule has 0 fully saturated rings. The smallest absolute Gasteiger partial charge is 0.366 e. The fourth-order valence-electron chi connectivity index (χ4n) is 1.57. The molecule has 2 rings (SSSR count). The van der Waals surface area contributed by atoms with Gasteiger partial charge in [0, 0.05) is 21.3 Å². The van der Waals surface area contributed by atoms with E-state index in [2.05, 4.69) is 5.16 Å². The van der Waals surface area contributed by atoms with Crippen LogP contribution in [0.1, 0.15) is 15.9 Å². The zero-order chi connectivity index (χ0) is 16.1. The Kier molecular flexibility index (Phi) is 5.04. The lowest BCUT2D eigenvalue weighted by Crippen LogP contribution is -2.15. The molecule has 22 heavy (non-hydrogen) atoms. The van der Waals surface area contributed by atoms with Crippen molar-refractivity contribution in [1.82, 2.24) is 0 Å². The molecular formula is C14H10IN3O4. The van der Waals surface area contributed by atoms with Crippen LogP contribution in [0.25, 0.3) is 0 Å². The van der Waals surface area contributed by atoms with Crippen LogP contribution in [0.15, 0.2) is 53.7 Å². The highest BCUT2D eigenvalue weighted by Gasteiger charge is 2.12. The molecule has 0 atom stereocenters. The Labute approximate surface area is 139 Å². The predicted octanol–water partition coefficient (Wildman–Crippen LogP) is 2.68. The van der Waals surface area contributed by atoms with E-state index in [9.17, 15) is 14.9 Å². The maximum absolute atomic E-state index is 11.9. The van der Waals surface area contributed by atoms with Crippen LogP contribution in [0.4, 0.5) is 5.69 Å². The van der Waals surface area contributed by atoms with Crippen molar-refractivity contribution in [2.45, 2.75) is 0 Å². The van der Waals surface area contributed by atoms with E-state index in [1.165, 1.54) is 24.3 Å². The lowest BCUT2D eigenvalue weighted by Gasteiger charge is -2.02. The average Bonchev–Trinajstić information content (AvgIpc) is 2.52. The van der Waals surface area contributed by atoms with Crippen molar-refractivity contribution in [1.29, 1.82) is 0 Å². The van der Waals surface area contributed by atoms with E-state index < -0.39 is 10.9 Å². The first-order valence-corrected chi connectivity index (χ1v) is 7.11. The number of oxime groups is 1. The zero-order valence-electron chi connectivity index (χ0n) is 11.1. The van der Waals surface area contributed by atoms with E-state index in [-0.39, 0.29) is 11.5 Å². The van der Waals surface area contributed by atoms with Crippen molar-refractivity contribution in [2.24, 2.45) is 10.9 Å². The molecule has 0 spiro atoms. The number of rotatable bonds is 4. The molecule has 7 nitrogen and oxygen atoms in total. The second-order valence-electron chi connectivity index (χ2n) is 4.14. The molecule has 0 aliphatic carbocycles. The number of amidine groups is 1. The Hall–Kier alpha value is -2.49. The van der Waals surface area contributed by atoms with Gasteiger partial charge in [-0.05, 0) is 46.9 Å². The first-order valence-electron chi connectivity index (χ1n) is 6.03.